The van der Waals surface area contributed by atoms with Crippen molar-refractivity contribution < 1.29 is 19.5 Å². The molecule has 1 rings (SSSR count). The summed E-state index contributed by atoms with van der Waals surface area (Å²) in [4.78, 5) is 36.8. The molecule has 0 bridgehead atoms. The number of likely N-dealkylation sites (tertiary alicyclic amines) is 1. The number of nitrogens with two attached hydrogens (primary N) is 1. The number of hydrogen-bond donors (Lipinski definition) is 3. The summed E-state index contributed by atoms with van der Waals surface area (Å²) in [6.07, 6.45) is 1.86. The Labute approximate surface area is 124 Å². The molecule has 21 heavy (non-hydrogen) atoms. The lowest BCUT2D eigenvalue weighted by atomic mass is 9.91. The highest BCUT2D eigenvalue weighted by atomic mass is 16.4. The van der Waals surface area contributed by atoms with E-state index in [2.05, 4.69) is 5.32 Å². The molecule has 0 aromatic rings. The van der Waals surface area contributed by atoms with Gasteiger partial charge < -0.3 is 21.1 Å². The van der Waals surface area contributed by atoms with Gasteiger partial charge in [-0.1, -0.05) is 20.8 Å². The molecule has 0 spiro atoms. The fraction of sp³-hybridized carbons (Fsp3) is 0.786. The Morgan fingerprint density at radius 3 is 2.43 bits per heavy atom. The largest absolute Gasteiger partial charge is 0.479 e. The van der Waals surface area contributed by atoms with Crippen LogP contribution in [-0.4, -0.2) is 46.0 Å². The van der Waals surface area contributed by atoms with Crippen LogP contribution in [0.3, 0.4) is 0 Å². The lowest BCUT2D eigenvalue weighted by Gasteiger charge is -2.36. The zero-order chi connectivity index (χ0) is 16.2. The van der Waals surface area contributed by atoms with Crippen molar-refractivity contribution in [3.05, 3.63) is 0 Å². The maximum atomic E-state index is 12.7. The Morgan fingerprint density at radius 1 is 1.38 bits per heavy atom. The fourth-order valence-electron chi connectivity index (χ4n) is 2.99. The quantitative estimate of drug-likeness (QED) is 0.677. The first kappa shape index (κ1) is 17.3. The normalized spacial score (nSPS) is 23.1. The Morgan fingerprint density at radius 2 is 2.00 bits per heavy atom. The van der Waals surface area contributed by atoms with Crippen LogP contribution < -0.4 is 11.1 Å². The van der Waals surface area contributed by atoms with Gasteiger partial charge in [0.05, 0.1) is 0 Å². The third-order valence-electron chi connectivity index (χ3n) is 4.06. The molecule has 7 heteroatoms. The Hall–Kier alpha value is -1.79. The van der Waals surface area contributed by atoms with Crippen molar-refractivity contribution >= 4 is 17.9 Å². The van der Waals surface area contributed by atoms with E-state index in [0.717, 1.165) is 0 Å². The number of carbonyl (C=O) groups is 3. The summed E-state index contributed by atoms with van der Waals surface area (Å²) in [6.45, 7) is 6.01. The second-order valence-electron chi connectivity index (χ2n) is 5.97. The second kappa shape index (κ2) is 6.78. The predicted octanol–water partition coefficient (Wildman–Crippen LogP) is 0.925. The molecule has 1 saturated heterocycles. The molecule has 2 atom stereocenters. The summed E-state index contributed by atoms with van der Waals surface area (Å²) in [6, 6.07) is -1.54. The summed E-state index contributed by atoms with van der Waals surface area (Å²) in [5.41, 5.74) is 3.97. The lowest BCUT2D eigenvalue weighted by Crippen LogP contribution is -2.58. The van der Waals surface area contributed by atoms with E-state index in [1.807, 2.05) is 13.8 Å². The number of amides is 3. The number of rotatable bonds is 6. The highest BCUT2D eigenvalue weighted by molar-refractivity contribution is 5.92. The van der Waals surface area contributed by atoms with Crippen molar-refractivity contribution in [3.8, 4) is 0 Å². The van der Waals surface area contributed by atoms with E-state index in [0.29, 0.717) is 32.2 Å². The first-order chi connectivity index (χ1) is 9.74. The fourth-order valence-corrected chi connectivity index (χ4v) is 2.99. The molecule has 1 fully saturated rings. The lowest BCUT2D eigenvalue weighted by molar-refractivity contribution is -0.157. The van der Waals surface area contributed by atoms with Crippen molar-refractivity contribution in [2.75, 3.05) is 6.54 Å². The van der Waals surface area contributed by atoms with Crippen LogP contribution >= 0.6 is 0 Å². The van der Waals surface area contributed by atoms with Crippen molar-refractivity contribution in [2.45, 2.75) is 58.0 Å². The van der Waals surface area contributed by atoms with Crippen LogP contribution in [0.5, 0.6) is 0 Å². The van der Waals surface area contributed by atoms with Crippen LogP contribution in [0.15, 0.2) is 0 Å². The Bertz CT molecular complexity index is 424. The summed E-state index contributed by atoms with van der Waals surface area (Å²) in [5.74, 6) is -1.17. The number of nitrogens with one attached hydrogen (secondary N) is 1. The standard InChI is InChI=1S/C14H25N3O4/c1-4-14(12(19)20)6-5-7-17(14)11(18)10(8-9(2)3)16-13(15)21/h9-10H,4-8H2,1-3H3,(H,19,20)(H3,15,16,21). The molecular weight excluding hydrogens is 274 g/mol. The number of hydrogen-bond acceptors (Lipinski definition) is 3. The monoisotopic (exact) mass is 299 g/mol. The van der Waals surface area contributed by atoms with Gasteiger partial charge in [0.15, 0.2) is 0 Å². The van der Waals surface area contributed by atoms with Crippen LogP contribution in [0.25, 0.3) is 0 Å². The molecule has 1 heterocycles. The number of nitrogens with zero attached hydrogens (tertiary/aromatic N) is 1. The highest BCUT2D eigenvalue weighted by Gasteiger charge is 2.49. The molecular formula is C14H25N3O4. The first-order valence-corrected chi connectivity index (χ1v) is 7.35. The van der Waals surface area contributed by atoms with Crippen molar-refractivity contribution in [1.82, 2.24) is 10.2 Å². The van der Waals surface area contributed by atoms with Crippen LogP contribution in [0.1, 0.15) is 46.5 Å². The van der Waals surface area contributed by atoms with E-state index in [1.54, 1.807) is 6.92 Å². The maximum Gasteiger partial charge on any atom is 0.329 e. The van der Waals surface area contributed by atoms with Crippen molar-refractivity contribution in [2.24, 2.45) is 11.7 Å². The SMILES string of the molecule is CCC1(C(=O)O)CCCN1C(=O)C(CC(C)C)NC(N)=O. The predicted molar refractivity (Wildman–Crippen MR) is 77.6 cm³/mol. The molecule has 0 radical (unpaired) electrons. The molecule has 4 N–H and O–H groups in total. The second-order valence-corrected chi connectivity index (χ2v) is 5.97. The zero-order valence-corrected chi connectivity index (χ0v) is 12.9. The number of carboxylic acids is 1. The Kier molecular flexibility index (Phi) is 5.57. The molecule has 1 aliphatic heterocycles. The van der Waals surface area contributed by atoms with Crippen LogP contribution in [0, 0.1) is 5.92 Å². The third kappa shape index (κ3) is 3.65. The molecule has 1 aliphatic rings. The number of primary amides is 1. The zero-order valence-electron chi connectivity index (χ0n) is 12.9. The summed E-state index contributed by atoms with van der Waals surface area (Å²) in [7, 11) is 0. The van der Waals surface area contributed by atoms with Crippen LogP contribution in [0.4, 0.5) is 4.79 Å². The van der Waals surface area contributed by atoms with Crippen molar-refractivity contribution in [1.29, 1.82) is 0 Å². The van der Waals surface area contributed by atoms with Gasteiger partial charge in [0, 0.05) is 6.54 Å². The molecule has 0 aromatic carbocycles. The van der Waals surface area contributed by atoms with Gasteiger partial charge >= 0.3 is 12.0 Å². The van der Waals surface area contributed by atoms with Gasteiger partial charge in [-0.15, -0.1) is 0 Å². The molecule has 3 amide bonds. The van der Waals surface area contributed by atoms with Gasteiger partial charge in [-0.2, -0.15) is 0 Å². The van der Waals surface area contributed by atoms with E-state index in [9.17, 15) is 19.5 Å². The molecule has 0 aromatic heterocycles. The summed E-state index contributed by atoms with van der Waals surface area (Å²) < 4.78 is 0. The Balaban J connectivity index is 3.01. The number of urea groups is 1. The van der Waals surface area contributed by atoms with Crippen molar-refractivity contribution in [3.63, 3.8) is 0 Å². The molecule has 7 nitrogen and oxygen atoms in total. The average molecular weight is 299 g/mol. The first-order valence-electron chi connectivity index (χ1n) is 7.35. The van der Waals surface area contributed by atoms with Gasteiger partial charge in [-0.3, -0.25) is 4.79 Å². The molecule has 120 valence electrons. The molecule has 0 aliphatic carbocycles. The van der Waals surface area contributed by atoms with Crippen LogP contribution in [-0.2, 0) is 9.59 Å². The van der Waals surface area contributed by atoms with Gasteiger partial charge in [0.25, 0.3) is 0 Å². The van der Waals surface area contributed by atoms with E-state index in [-0.39, 0.29) is 11.8 Å². The summed E-state index contributed by atoms with van der Waals surface area (Å²) >= 11 is 0. The maximum absolute atomic E-state index is 12.7. The highest BCUT2D eigenvalue weighted by Crippen LogP contribution is 2.33. The van der Waals surface area contributed by atoms with E-state index in [4.69, 9.17) is 5.73 Å². The van der Waals surface area contributed by atoms with Crippen LogP contribution in [0.2, 0.25) is 0 Å². The number of carboxylic acid groups (broad SMARTS) is 1. The van der Waals surface area contributed by atoms with E-state index >= 15 is 0 Å². The number of aliphatic carboxylic acids is 1. The number of carbonyl (C=O) groups excluding carboxylic acids is 2. The third-order valence-corrected chi connectivity index (χ3v) is 4.06. The molecule has 0 saturated carbocycles. The minimum absolute atomic E-state index is 0.175. The van der Waals surface area contributed by atoms with Gasteiger partial charge in [0.1, 0.15) is 11.6 Å². The van der Waals surface area contributed by atoms with Gasteiger partial charge in [0.2, 0.25) is 5.91 Å². The minimum atomic E-state index is -1.16. The molecule has 2 unspecified atom stereocenters. The minimum Gasteiger partial charge on any atom is -0.479 e. The van der Waals surface area contributed by atoms with E-state index in [1.165, 1.54) is 4.90 Å². The van der Waals surface area contributed by atoms with Gasteiger partial charge in [-0.25, -0.2) is 9.59 Å². The average Bonchev–Trinajstić information content (AvgIpc) is 2.80. The topological polar surface area (TPSA) is 113 Å². The van der Waals surface area contributed by atoms with Gasteiger partial charge in [-0.05, 0) is 31.6 Å². The van der Waals surface area contributed by atoms with E-state index < -0.39 is 23.6 Å². The summed E-state index contributed by atoms with van der Waals surface area (Å²) in [5, 5.41) is 12.0. The smallest absolute Gasteiger partial charge is 0.329 e.